The molecule has 0 aromatic heterocycles. The van der Waals surface area contributed by atoms with Crippen LogP contribution < -0.4 is 5.32 Å². The molecular formula is C12H21NO3. The highest BCUT2D eigenvalue weighted by atomic mass is 16.5. The highest BCUT2D eigenvalue weighted by Crippen LogP contribution is 2.45. The lowest BCUT2D eigenvalue weighted by Gasteiger charge is -2.22. The van der Waals surface area contributed by atoms with Gasteiger partial charge in [-0.3, -0.25) is 4.79 Å². The number of rotatable bonds is 5. The zero-order valence-corrected chi connectivity index (χ0v) is 9.71. The first-order valence-corrected chi connectivity index (χ1v) is 6.24. The Labute approximate surface area is 96.4 Å². The fourth-order valence-electron chi connectivity index (χ4n) is 2.22. The Balaban J connectivity index is 1.62. The van der Waals surface area contributed by atoms with Crippen molar-refractivity contribution in [1.82, 2.24) is 5.32 Å². The third-order valence-corrected chi connectivity index (χ3v) is 3.73. The second kappa shape index (κ2) is 5.15. The van der Waals surface area contributed by atoms with Gasteiger partial charge in [0.25, 0.3) is 0 Å². The van der Waals surface area contributed by atoms with Gasteiger partial charge in [-0.1, -0.05) is 0 Å². The maximum Gasteiger partial charge on any atom is 0.228 e. The SMILES string of the molecule is O=C(NCCC1CCCOC1)C1(CO)CC1. The summed E-state index contributed by atoms with van der Waals surface area (Å²) in [4.78, 5) is 11.7. The molecule has 0 radical (unpaired) electrons. The molecule has 0 bridgehead atoms. The molecule has 1 heterocycles. The van der Waals surface area contributed by atoms with Gasteiger partial charge in [-0.25, -0.2) is 0 Å². The Morgan fingerprint density at radius 3 is 2.88 bits per heavy atom. The van der Waals surface area contributed by atoms with Crippen molar-refractivity contribution in [3.05, 3.63) is 0 Å². The van der Waals surface area contributed by atoms with Crippen LogP contribution in [0.1, 0.15) is 32.1 Å². The van der Waals surface area contributed by atoms with Gasteiger partial charge in [0.15, 0.2) is 0 Å². The van der Waals surface area contributed by atoms with Crippen LogP contribution in [-0.4, -0.2) is 37.4 Å². The summed E-state index contributed by atoms with van der Waals surface area (Å²) in [6.07, 6.45) is 5.01. The molecule has 1 saturated carbocycles. The van der Waals surface area contributed by atoms with Crippen molar-refractivity contribution in [3.63, 3.8) is 0 Å². The first-order chi connectivity index (χ1) is 7.77. The molecule has 2 rings (SSSR count). The minimum Gasteiger partial charge on any atom is -0.395 e. The van der Waals surface area contributed by atoms with Crippen molar-refractivity contribution in [3.8, 4) is 0 Å². The standard InChI is InChI=1S/C12H21NO3/c14-9-12(4-5-12)11(15)13-6-3-10-2-1-7-16-8-10/h10,14H,1-9H2,(H,13,15). The molecule has 2 fully saturated rings. The van der Waals surface area contributed by atoms with Crippen LogP contribution >= 0.6 is 0 Å². The van der Waals surface area contributed by atoms with Crippen LogP contribution in [0.25, 0.3) is 0 Å². The average molecular weight is 227 g/mol. The van der Waals surface area contributed by atoms with Gasteiger partial charge in [-0.05, 0) is 38.0 Å². The highest BCUT2D eigenvalue weighted by molar-refractivity contribution is 5.85. The monoisotopic (exact) mass is 227 g/mol. The fraction of sp³-hybridized carbons (Fsp3) is 0.917. The summed E-state index contributed by atoms with van der Waals surface area (Å²) in [5.74, 6) is 0.630. The van der Waals surface area contributed by atoms with E-state index in [0.717, 1.165) is 38.9 Å². The number of hydrogen-bond donors (Lipinski definition) is 2. The summed E-state index contributed by atoms with van der Waals surface area (Å²) >= 11 is 0. The summed E-state index contributed by atoms with van der Waals surface area (Å²) in [5, 5.41) is 12.0. The van der Waals surface area contributed by atoms with Crippen molar-refractivity contribution in [2.75, 3.05) is 26.4 Å². The smallest absolute Gasteiger partial charge is 0.228 e. The van der Waals surface area contributed by atoms with Gasteiger partial charge in [0.05, 0.1) is 12.0 Å². The normalized spacial score (nSPS) is 27.4. The van der Waals surface area contributed by atoms with Crippen LogP contribution in [0.4, 0.5) is 0 Å². The Morgan fingerprint density at radius 2 is 2.31 bits per heavy atom. The fourth-order valence-corrected chi connectivity index (χ4v) is 2.22. The van der Waals surface area contributed by atoms with Crippen LogP contribution in [0.2, 0.25) is 0 Å². The molecule has 16 heavy (non-hydrogen) atoms. The molecule has 1 aliphatic heterocycles. The van der Waals surface area contributed by atoms with E-state index >= 15 is 0 Å². The van der Waals surface area contributed by atoms with Gasteiger partial charge >= 0.3 is 0 Å². The van der Waals surface area contributed by atoms with Crippen LogP contribution in [0.15, 0.2) is 0 Å². The van der Waals surface area contributed by atoms with Gasteiger partial charge in [0, 0.05) is 19.8 Å². The minimum atomic E-state index is -0.428. The molecule has 1 atom stereocenters. The molecule has 1 saturated heterocycles. The number of carbonyl (C=O) groups excluding carboxylic acids is 1. The molecule has 92 valence electrons. The van der Waals surface area contributed by atoms with E-state index in [9.17, 15) is 4.79 Å². The summed E-state index contributed by atoms with van der Waals surface area (Å²) in [6, 6.07) is 0. The second-order valence-electron chi connectivity index (χ2n) is 5.07. The predicted octanol–water partition coefficient (Wildman–Crippen LogP) is 0.692. The van der Waals surface area contributed by atoms with E-state index in [1.54, 1.807) is 0 Å². The maximum absolute atomic E-state index is 11.7. The van der Waals surface area contributed by atoms with Gasteiger partial charge in [-0.2, -0.15) is 0 Å². The number of hydrogen-bond acceptors (Lipinski definition) is 3. The van der Waals surface area contributed by atoms with Crippen LogP contribution in [0, 0.1) is 11.3 Å². The lowest BCUT2D eigenvalue weighted by Crippen LogP contribution is -2.35. The van der Waals surface area contributed by atoms with E-state index in [0.29, 0.717) is 12.5 Å². The average Bonchev–Trinajstić information content (AvgIpc) is 3.11. The number of carbonyl (C=O) groups is 1. The maximum atomic E-state index is 11.7. The lowest BCUT2D eigenvalue weighted by molar-refractivity contribution is -0.127. The number of nitrogens with one attached hydrogen (secondary N) is 1. The number of aliphatic hydroxyl groups is 1. The molecule has 4 heteroatoms. The van der Waals surface area contributed by atoms with Crippen LogP contribution in [-0.2, 0) is 9.53 Å². The molecule has 0 aromatic carbocycles. The zero-order chi connectivity index (χ0) is 11.4. The van der Waals surface area contributed by atoms with Crippen molar-refractivity contribution < 1.29 is 14.6 Å². The summed E-state index contributed by atoms with van der Waals surface area (Å²) in [7, 11) is 0. The van der Waals surface area contributed by atoms with Crippen molar-refractivity contribution in [2.24, 2.45) is 11.3 Å². The zero-order valence-electron chi connectivity index (χ0n) is 9.71. The Bertz CT molecular complexity index is 245. The second-order valence-corrected chi connectivity index (χ2v) is 5.07. The van der Waals surface area contributed by atoms with Gasteiger partial charge in [0.2, 0.25) is 5.91 Å². The van der Waals surface area contributed by atoms with Crippen molar-refractivity contribution >= 4 is 5.91 Å². The number of ether oxygens (including phenoxy) is 1. The molecule has 4 nitrogen and oxygen atoms in total. The van der Waals surface area contributed by atoms with E-state index in [1.807, 2.05) is 0 Å². The van der Waals surface area contributed by atoms with Crippen LogP contribution in [0.3, 0.4) is 0 Å². The van der Waals surface area contributed by atoms with Gasteiger partial charge in [0.1, 0.15) is 0 Å². The van der Waals surface area contributed by atoms with Crippen molar-refractivity contribution in [1.29, 1.82) is 0 Å². The topological polar surface area (TPSA) is 58.6 Å². The number of amides is 1. The molecule has 2 aliphatic rings. The summed E-state index contributed by atoms with van der Waals surface area (Å²) < 4.78 is 5.39. The molecule has 1 unspecified atom stereocenters. The summed E-state index contributed by atoms with van der Waals surface area (Å²) in [6.45, 7) is 2.43. The largest absolute Gasteiger partial charge is 0.395 e. The molecular weight excluding hydrogens is 206 g/mol. The van der Waals surface area contributed by atoms with E-state index in [1.165, 1.54) is 6.42 Å². The minimum absolute atomic E-state index is 0.00856. The van der Waals surface area contributed by atoms with E-state index in [4.69, 9.17) is 9.84 Å². The first-order valence-electron chi connectivity index (χ1n) is 6.24. The molecule has 0 aromatic rings. The lowest BCUT2D eigenvalue weighted by atomic mass is 9.98. The Kier molecular flexibility index (Phi) is 3.82. The quantitative estimate of drug-likeness (QED) is 0.726. The van der Waals surface area contributed by atoms with E-state index in [-0.39, 0.29) is 12.5 Å². The molecule has 0 spiro atoms. The number of aliphatic hydroxyl groups excluding tert-OH is 1. The Hall–Kier alpha value is -0.610. The van der Waals surface area contributed by atoms with Gasteiger partial charge in [-0.15, -0.1) is 0 Å². The third kappa shape index (κ3) is 2.74. The van der Waals surface area contributed by atoms with Gasteiger partial charge < -0.3 is 15.2 Å². The molecule has 1 amide bonds. The predicted molar refractivity (Wildman–Crippen MR) is 59.9 cm³/mol. The first kappa shape index (κ1) is 11.9. The highest BCUT2D eigenvalue weighted by Gasteiger charge is 2.49. The Morgan fingerprint density at radius 1 is 1.50 bits per heavy atom. The molecule has 1 aliphatic carbocycles. The van der Waals surface area contributed by atoms with Crippen molar-refractivity contribution in [2.45, 2.75) is 32.1 Å². The van der Waals surface area contributed by atoms with E-state index in [2.05, 4.69) is 5.32 Å². The summed E-state index contributed by atoms with van der Waals surface area (Å²) in [5.41, 5.74) is -0.428. The molecule has 2 N–H and O–H groups in total. The van der Waals surface area contributed by atoms with Crippen LogP contribution in [0.5, 0.6) is 0 Å². The van der Waals surface area contributed by atoms with E-state index < -0.39 is 5.41 Å². The third-order valence-electron chi connectivity index (χ3n) is 3.73.